The van der Waals surface area contributed by atoms with Gasteiger partial charge in [0.2, 0.25) is 5.91 Å². The zero-order valence-corrected chi connectivity index (χ0v) is 15.3. The standard InChI is InChI=1S/C18H25N5O3/c1-13-15(9-21-22(13)2)3-4-18(25)23-5-6-26-11-14(10-23)7-16-8-17(24)20-12-19-16/h8-9,12,14H,3-7,10-11H2,1-2H3,(H,19,20,24)/t14-/m1/s1. The summed E-state index contributed by atoms with van der Waals surface area (Å²) in [4.78, 5) is 32.7. The van der Waals surface area contributed by atoms with Crippen LogP contribution in [-0.2, 0) is 29.4 Å². The maximum atomic E-state index is 12.7. The summed E-state index contributed by atoms with van der Waals surface area (Å²) < 4.78 is 7.48. The Balaban J connectivity index is 1.58. The molecule has 1 N–H and O–H groups in total. The molecule has 1 aliphatic rings. The zero-order valence-electron chi connectivity index (χ0n) is 15.3. The molecule has 2 aromatic heterocycles. The van der Waals surface area contributed by atoms with E-state index in [2.05, 4.69) is 15.1 Å². The van der Waals surface area contributed by atoms with Gasteiger partial charge in [-0.25, -0.2) is 4.98 Å². The third-order valence-electron chi connectivity index (χ3n) is 4.87. The summed E-state index contributed by atoms with van der Waals surface area (Å²) in [6, 6.07) is 1.50. The smallest absolute Gasteiger partial charge is 0.250 e. The Kier molecular flexibility index (Phi) is 5.82. The number of amides is 1. The van der Waals surface area contributed by atoms with E-state index in [0.717, 1.165) is 17.0 Å². The number of H-pyrrole nitrogens is 1. The van der Waals surface area contributed by atoms with Crippen molar-refractivity contribution in [3.63, 3.8) is 0 Å². The number of nitrogens with one attached hydrogen (secondary N) is 1. The highest BCUT2D eigenvalue weighted by Gasteiger charge is 2.23. The van der Waals surface area contributed by atoms with Crippen LogP contribution in [-0.4, -0.2) is 56.9 Å². The molecule has 3 rings (SSSR count). The van der Waals surface area contributed by atoms with E-state index < -0.39 is 0 Å². The summed E-state index contributed by atoms with van der Waals surface area (Å²) in [5, 5.41) is 4.22. The fourth-order valence-electron chi connectivity index (χ4n) is 3.24. The van der Waals surface area contributed by atoms with Crippen LogP contribution in [0.1, 0.15) is 23.4 Å². The number of hydrogen-bond acceptors (Lipinski definition) is 5. The van der Waals surface area contributed by atoms with E-state index in [1.54, 1.807) is 0 Å². The molecule has 26 heavy (non-hydrogen) atoms. The molecule has 0 aliphatic carbocycles. The van der Waals surface area contributed by atoms with Crippen LogP contribution < -0.4 is 5.56 Å². The lowest BCUT2D eigenvalue weighted by molar-refractivity contribution is -0.131. The Bertz CT molecular complexity index is 813. The molecule has 140 valence electrons. The van der Waals surface area contributed by atoms with Gasteiger partial charge in [-0.05, 0) is 25.3 Å². The van der Waals surface area contributed by atoms with Crippen molar-refractivity contribution in [2.75, 3.05) is 26.3 Å². The average molecular weight is 359 g/mol. The van der Waals surface area contributed by atoms with Crippen molar-refractivity contribution in [2.24, 2.45) is 13.0 Å². The SMILES string of the molecule is Cc1c(CCC(=O)N2CCOC[C@H](Cc3cc(=O)[nH]cn3)C2)cnn1C. The molecule has 2 aromatic rings. The van der Waals surface area contributed by atoms with Crippen molar-refractivity contribution in [3.05, 3.63) is 45.9 Å². The molecular weight excluding hydrogens is 334 g/mol. The topological polar surface area (TPSA) is 93.1 Å². The van der Waals surface area contributed by atoms with E-state index in [1.165, 1.54) is 12.4 Å². The fraction of sp³-hybridized carbons (Fsp3) is 0.556. The molecule has 0 aromatic carbocycles. The van der Waals surface area contributed by atoms with Crippen LogP contribution in [0.4, 0.5) is 0 Å². The van der Waals surface area contributed by atoms with Crippen LogP contribution in [0, 0.1) is 12.8 Å². The Morgan fingerprint density at radius 1 is 1.46 bits per heavy atom. The Hall–Kier alpha value is -2.48. The second-order valence-corrected chi connectivity index (χ2v) is 6.77. The van der Waals surface area contributed by atoms with Crippen molar-refractivity contribution < 1.29 is 9.53 Å². The van der Waals surface area contributed by atoms with Crippen LogP contribution in [0.25, 0.3) is 0 Å². The molecule has 8 nitrogen and oxygen atoms in total. The van der Waals surface area contributed by atoms with Gasteiger partial charge in [-0.15, -0.1) is 0 Å². The summed E-state index contributed by atoms with van der Waals surface area (Å²) in [6.07, 6.45) is 5.01. The number of aryl methyl sites for hydroxylation is 2. The van der Waals surface area contributed by atoms with Gasteiger partial charge in [0.1, 0.15) is 0 Å². The summed E-state index contributed by atoms with van der Waals surface area (Å²) in [5.74, 6) is 0.262. The Labute approximate surface area is 152 Å². The summed E-state index contributed by atoms with van der Waals surface area (Å²) in [7, 11) is 1.90. The highest BCUT2D eigenvalue weighted by molar-refractivity contribution is 5.76. The van der Waals surface area contributed by atoms with Gasteiger partial charge in [0, 0.05) is 49.9 Å². The minimum Gasteiger partial charge on any atom is -0.379 e. The molecule has 0 saturated carbocycles. The van der Waals surface area contributed by atoms with Gasteiger partial charge >= 0.3 is 0 Å². The third-order valence-corrected chi connectivity index (χ3v) is 4.87. The summed E-state index contributed by atoms with van der Waals surface area (Å²) >= 11 is 0. The normalized spacial score (nSPS) is 17.9. The van der Waals surface area contributed by atoms with Gasteiger partial charge in [0.15, 0.2) is 0 Å². The molecule has 1 atom stereocenters. The van der Waals surface area contributed by atoms with Gasteiger partial charge in [0.25, 0.3) is 5.56 Å². The number of rotatable bonds is 5. The molecule has 0 bridgehead atoms. The molecule has 1 saturated heterocycles. The molecule has 0 radical (unpaired) electrons. The maximum Gasteiger partial charge on any atom is 0.250 e. The molecule has 0 spiro atoms. The molecule has 1 aliphatic heterocycles. The van der Waals surface area contributed by atoms with Gasteiger partial charge in [-0.2, -0.15) is 5.10 Å². The minimum absolute atomic E-state index is 0.127. The first-order valence-electron chi connectivity index (χ1n) is 8.89. The predicted molar refractivity (Wildman–Crippen MR) is 95.7 cm³/mol. The van der Waals surface area contributed by atoms with Crippen molar-refractivity contribution in [2.45, 2.75) is 26.2 Å². The van der Waals surface area contributed by atoms with E-state index in [0.29, 0.717) is 45.6 Å². The monoisotopic (exact) mass is 359 g/mol. The maximum absolute atomic E-state index is 12.7. The molecule has 0 unspecified atom stereocenters. The van der Waals surface area contributed by atoms with Crippen molar-refractivity contribution in [1.82, 2.24) is 24.6 Å². The lowest BCUT2D eigenvalue weighted by Gasteiger charge is -2.23. The average Bonchev–Trinajstić information content (AvgIpc) is 2.81. The van der Waals surface area contributed by atoms with Gasteiger partial charge < -0.3 is 14.6 Å². The van der Waals surface area contributed by atoms with Crippen LogP contribution >= 0.6 is 0 Å². The van der Waals surface area contributed by atoms with Crippen LogP contribution in [0.2, 0.25) is 0 Å². The summed E-state index contributed by atoms with van der Waals surface area (Å²) in [6.45, 7) is 4.34. The fourth-order valence-corrected chi connectivity index (χ4v) is 3.24. The first kappa shape index (κ1) is 18.3. The van der Waals surface area contributed by atoms with E-state index in [1.807, 2.05) is 29.7 Å². The quantitative estimate of drug-likeness (QED) is 0.837. The molecule has 1 fully saturated rings. The summed E-state index contributed by atoms with van der Waals surface area (Å²) in [5.41, 5.74) is 2.76. The predicted octanol–water partition coefficient (Wildman–Crippen LogP) is 0.462. The molecule has 3 heterocycles. The van der Waals surface area contributed by atoms with E-state index in [9.17, 15) is 9.59 Å². The Morgan fingerprint density at radius 2 is 2.31 bits per heavy atom. The van der Waals surface area contributed by atoms with Crippen molar-refractivity contribution in [3.8, 4) is 0 Å². The number of ether oxygens (including phenoxy) is 1. The number of carbonyl (C=O) groups excluding carboxylic acids is 1. The largest absolute Gasteiger partial charge is 0.379 e. The Morgan fingerprint density at radius 3 is 3.04 bits per heavy atom. The van der Waals surface area contributed by atoms with Crippen LogP contribution in [0.15, 0.2) is 23.4 Å². The molecule has 1 amide bonds. The van der Waals surface area contributed by atoms with Gasteiger partial charge in [-0.3, -0.25) is 14.3 Å². The minimum atomic E-state index is -0.163. The number of nitrogens with zero attached hydrogens (tertiary/aromatic N) is 4. The highest BCUT2D eigenvalue weighted by atomic mass is 16.5. The number of hydrogen-bond donors (Lipinski definition) is 1. The lowest BCUT2D eigenvalue weighted by atomic mass is 10.0. The first-order chi connectivity index (χ1) is 12.5. The number of aromatic amines is 1. The third kappa shape index (κ3) is 4.57. The lowest BCUT2D eigenvalue weighted by Crippen LogP contribution is -2.36. The van der Waals surface area contributed by atoms with Crippen molar-refractivity contribution >= 4 is 5.91 Å². The number of aromatic nitrogens is 4. The van der Waals surface area contributed by atoms with Crippen LogP contribution in [0.3, 0.4) is 0 Å². The molecular formula is C18H25N5O3. The van der Waals surface area contributed by atoms with Crippen molar-refractivity contribution in [1.29, 1.82) is 0 Å². The highest BCUT2D eigenvalue weighted by Crippen LogP contribution is 2.15. The van der Waals surface area contributed by atoms with E-state index in [-0.39, 0.29) is 17.4 Å². The van der Waals surface area contributed by atoms with E-state index in [4.69, 9.17) is 4.74 Å². The number of carbonyl (C=O) groups is 1. The first-order valence-corrected chi connectivity index (χ1v) is 8.89. The van der Waals surface area contributed by atoms with Crippen LogP contribution in [0.5, 0.6) is 0 Å². The molecule has 8 heteroatoms. The van der Waals surface area contributed by atoms with E-state index >= 15 is 0 Å². The second kappa shape index (κ2) is 8.27. The second-order valence-electron chi connectivity index (χ2n) is 6.77. The zero-order chi connectivity index (χ0) is 18.5. The van der Waals surface area contributed by atoms with Gasteiger partial charge in [-0.1, -0.05) is 0 Å². The van der Waals surface area contributed by atoms with Gasteiger partial charge in [0.05, 0.1) is 25.7 Å².